The molecule has 0 spiro atoms. The molecule has 0 aliphatic carbocycles. The van der Waals surface area contributed by atoms with Crippen molar-refractivity contribution in [3.8, 4) is 5.75 Å². The van der Waals surface area contributed by atoms with E-state index in [0.717, 1.165) is 11.1 Å². The third-order valence-corrected chi connectivity index (χ3v) is 3.94. The predicted octanol–water partition coefficient (Wildman–Crippen LogP) is 4.57. The number of anilines is 1. The summed E-state index contributed by atoms with van der Waals surface area (Å²) in [5, 5.41) is 3.34. The molecule has 0 bridgehead atoms. The number of amides is 1. The van der Waals surface area contributed by atoms with Crippen LogP contribution < -0.4 is 10.1 Å². The van der Waals surface area contributed by atoms with Gasteiger partial charge in [-0.25, -0.2) is 0 Å². The first kappa shape index (κ1) is 18.0. The summed E-state index contributed by atoms with van der Waals surface area (Å²) in [6, 6.07) is 10.7. The van der Waals surface area contributed by atoms with E-state index < -0.39 is 0 Å². The molecule has 126 valence electrons. The van der Waals surface area contributed by atoms with Crippen molar-refractivity contribution in [2.24, 2.45) is 0 Å². The molecule has 0 aliphatic heterocycles. The number of Topliss-reactive ketones (excluding diaryl/α,β-unsaturated/α-hetero) is 1. The Morgan fingerprint density at radius 3 is 2.54 bits per heavy atom. The highest BCUT2D eigenvalue weighted by atomic mass is 35.5. The van der Waals surface area contributed by atoms with Gasteiger partial charge in [-0.05, 0) is 43.7 Å². The molecule has 5 heteroatoms. The van der Waals surface area contributed by atoms with Crippen molar-refractivity contribution in [1.82, 2.24) is 0 Å². The highest BCUT2D eigenvalue weighted by Crippen LogP contribution is 2.23. The van der Waals surface area contributed by atoms with E-state index in [1.165, 1.54) is 7.11 Å². The third-order valence-electron chi connectivity index (χ3n) is 3.71. The Kier molecular flexibility index (Phi) is 5.99. The normalized spacial score (nSPS) is 10.3. The van der Waals surface area contributed by atoms with E-state index >= 15 is 0 Å². The predicted molar refractivity (Wildman–Crippen MR) is 96.1 cm³/mol. The van der Waals surface area contributed by atoms with Crippen LogP contribution in [0.3, 0.4) is 0 Å². The zero-order chi connectivity index (χ0) is 17.7. The quantitative estimate of drug-likeness (QED) is 0.780. The Labute approximate surface area is 146 Å². The van der Waals surface area contributed by atoms with Gasteiger partial charge in [-0.2, -0.15) is 0 Å². The maximum Gasteiger partial charge on any atom is 0.224 e. The van der Waals surface area contributed by atoms with Crippen molar-refractivity contribution in [2.75, 3.05) is 12.4 Å². The molecule has 0 saturated heterocycles. The lowest BCUT2D eigenvalue weighted by Gasteiger charge is -2.10. The van der Waals surface area contributed by atoms with Crippen molar-refractivity contribution in [3.05, 3.63) is 58.1 Å². The van der Waals surface area contributed by atoms with Crippen LogP contribution in [0.1, 0.15) is 34.3 Å². The van der Waals surface area contributed by atoms with Gasteiger partial charge in [0.1, 0.15) is 5.75 Å². The fourth-order valence-electron chi connectivity index (χ4n) is 2.34. The highest BCUT2D eigenvalue weighted by Gasteiger charge is 2.15. The summed E-state index contributed by atoms with van der Waals surface area (Å²) in [6.45, 7) is 3.79. The molecule has 0 radical (unpaired) electrons. The zero-order valence-corrected chi connectivity index (χ0v) is 14.7. The molecular weight excluding hydrogens is 326 g/mol. The van der Waals surface area contributed by atoms with E-state index in [1.54, 1.807) is 24.3 Å². The lowest BCUT2D eigenvalue weighted by atomic mass is 10.0. The Morgan fingerprint density at radius 1 is 1.08 bits per heavy atom. The number of methoxy groups -OCH3 is 1. The average molecular weight is 346 g/mol. The first-order valence-corrected chi connectivity index (χ1v) is 8.02. The van der Waals surface area contributed by atoms with Gasteiger partial charge >= 0.3 is 0 Å². The number of halogens is 1. The summed E-state index contributed by atoms with van der Waals surface area (Å²) in [7, 11) is 1.52. The minimum Gasteiger partial charge on any atom is -0.496 e. The van der Waals surface area contributed by atoms with Crippen LogP contribution in [0, 0.1) is 13.8 Å². The van der Waals surface area contributed by atoms with E-state index in [4.69, 9.17) is 16.3 Å². The van der Waals surface area contributed by atoms with Gasteiger partial charge in [-0.15, -0.1) is 0 Å². The van der Waals surface area contributed by atoms with Crippen LogP contribution in [-0.4, -0.2) is 18.8 Å². The van der Waals surface area contributed by atoms with Gasteiger partial charge in [0.2, 0.25) is 5.91 Å². The number of ether oxygens (including phenoxy) is 1. The summed E-state index contributed by atoms with van der Waals surface area (Å²) in [4.78, 5) is 24.5. The van der Waals surface area contributed by atoms with Gasteiger partial charge in [0.25, 0.3) is 0 Å². The molecule has 2 rings (SSSR count). The molecular formula is C19H20ClNO3. The number of carbonyl (C=O) groups excluding carboxylic acids is 2. The van der Waals surface area contributed by atoms with E-state index in [0.29, 0.717) is 22.0 Å². The lowest BCUT2D eigenvalue weighted by Crippen LogP contribution is -2.14. The number of rotatable bonds is 6. The van der Waals surface area contributed by atoms with Crippen LogP contribution >= 0.6 is 11.6 Å². The van der Waals surface area contributed by atoms with E-state index in [1.807, 2.05) is 26.0 Å². The van der Waals surface area contributed by atoms with Crippen LogP contribution in [0.2, 0.25) is 5.02 Å². The highest BCUT2D eigenvalue weighted by molar-refractivity contribution is 6.31. The molecule has 0 aromatic heterocycles. The molecule has 0 saturated carbocycles. The molecule has 0 unspecified atom stereocenters. The number of ketones is 1. The number of carbonyl (C=O) groups is 2. The Bertz CT molecular complexity index is 771. The van der Waals surface area contributed by atoms with Crippen LogP contribution in [0.5, 0.6) is 5.75 Å². The molecule has 2 aromatic rings. The van der Waals surface area contributed by atoms with E-state index in [2.05, 4.69) is 5.32 Å². The lowest BCUT2D eigenvalue weighted by molar-refractivity contribution is -0.116. The fraction of sp³-hybridized carbons (Fsp3) is 0.263. The monoisotopic (exact) mass is 345 g/mol. The second-order valence-corrected chi connectivity index (χ2v) is 6.07. The second kappa shape index (κ2) is 7.97. The number of hydrogen-bond acceptors (Lipinski definition) is 3. The number of aryl methyl sites for hydroxylation is 2. The molecule has 0 fully saturated rings. The SMILES string of the molecule is COc1ccc(C)cc1C(=O)CCC(=O)Nc1cc(Cl)ccc1C. The first-order valence-electron chi connectivity index (χ1n) is 7.64. The third kappa shape index (κ3) is 4.59. The fourth-order valence-corrected chi connectivity index (χ4v) is 2.52. The molecule has 0 aliphatic rings. The standard InChI is InChI=1S/C19H20ClNO3/c1-12-4-8-18(24-3)15(10-12)17(22)7-9-19(23)21-16-11-14(20)6-5-13(16)2/h4-6,8,10-11H,7,9H2,1-3H3,(H,21,23). The summed E-state index contributed by atoms with van der Waals surface area (Å²) in [5.41, 5.74) is 3.05. The zero-order valence-electron chi connectivity index (χ0n) is 14.0. The molecule has 24 heavy (non-hydrogen) atoms. The first-order chi connectivity index (χ1) is 11.4. The maximum absolute atomic E-state index is 12.4. The molecule has 4 nitrogen and oxygen atoms in total. The van der Waals surface area contributed by atoms with Crippen molar-refractivity contribution < 1.29 is 14.3 Å². The number of benzene rings is 2. The second-order valence-electron chi connectivity index (χ2n) is 5.63. The summed E-state index contributed by atoms with van der Waals surface area (Å²) < 4.78 is 5.22. The van der Waals surface area contributed by atoms with Gasteiger partial charge in [0, 0.05) is 23.6 Å². The summed E-state index contributed by atoms with van der Waals surface area (Å²) in [6.07, 6.45) is 0.215. The molecule has 0 atom stereocenters. The molecule has 1 N–H and O–H groups in total. The van der Waals surface area contributed by atoms with Crippen LogP contribution in [0.25, 0.3) is 0 Å². The molecule has 1 amide bonds. The maximum atomic E-state index is 12.4. The number of nitrogens with one attached hydrogen (secondary N) is 1. The summed E-state index contributed by atoms with van der Waals surface area (Å²) >= 11 is 5.94. The Balaban J connectivity index is 2.00. The van der Waals surface area contributed by atoms with Crippen molar-refractivity contribution in [2.45, 2.75) is 26.7 Å². The number of hydrogen-bond donors (Lipinski definition) is 1. The van der Waals surface area contributed by atoms with Gasteiger partial charge in [-0.1, -0.05) is 29.3 Å². The minimum atomic E-state index is -0.222. The topological polar surface area (TPSA) is 55.4 Å². The van der Waals surface area contributed by atoms with Crippen molar-refractivity contribution in [1.29, 1.82) is 0 Å². The van der Waals surface area contributed by atoms with Crippen LogP contribution in [-0.2, 0) is 4.79 Å². The molecule has 2 aromatic carbocycles. The van der Waals surface area contributed by atoms with Gasteiger partial charge in [0.15, 0.2) is 5.78 Å². The van der Waals surface area contributed by atoms with Crippen LogP contribution in [0.4, 0.5) is 5.69 Å². The van der Waals surface area contributed by atoms with Crippen molar-refractivity contribution in [3.63, 3.8) is 0 Å². The van der Waals surface area contributed by atoms with Gasteiger partial charge < -0.3 is 10.1 Å². The van der Waals surface area contributed by atoms with E-state index in [-0.39, 0.29) is 24.5 Å². The molecule has 0 heterocycles. The van der Waals surface area contributed by atoms with Crippen LogP contribution in [0.15, 0.2) is 36.4 Å². The minimum absolute atomic E-state index is 0.0991. The Hall–Kier alpha value is -2.33. The Morgan fingerprint density at radius 2 is 1.83 bits per heavy atom. The average Bonchev–Trinajstić information content (AvgIpc) is 2.56. The van der Waals surface area contributed by atoms with Gasteiger partial charge in [-0.3, -0.25) is 9.59 Å². The van der Waals surface area contributed by atoms with Gasteiger partial charge in [0.05, 0.1) is 12.7 Å². The van der Waals surface area contributed by atoms with Crippen molar-refractivity contribution >= 4 is 29.0 Å². The smallest absolute Gasteiger partial charge is 0.224 e. The summed E-state index contributed by atoms with van der Waals surface area (Å²) in [5.74, 6) is 0.186. The van der Waals surface area contributed by atoms with E-state index in [9.17, 15) is 9.59 Å². The largest absolute Gasteiger partial charge is 0.496 e.